The number of benzene rings is 1. The third kappa shape index (κ3) is 3.93. The van der Waals surface area contributed by atoms with Gasteiger partial charge in [-0.1, -0.05) is 25.4 Å². The first-order chi connectivity index (χ1) is 8.08. The lowest BCUT2D eigenvalue weighted by Crippen LogP contribution is -2.04. The summed E-state index contributed by atoms with van der Waals surface area (Å²) in [6, 6.07) is 3.21. The molecule has 3 nitrogen and oxygen atoms in total. The number of carbonyl (C=O) groups excluding carboxylic acids is 1. The van der Waals surface area contributed by atoms with Crippen LogP contribution in [-0.4, -0.2) is 20.0 Å². The van der Waals surface area contributed by atoms with Gasteiger partial charge < -0.3 is 9.47 Å². The Morgan fingerprint density at radius 1 is 1.41 bits per heavy atom. The molecule has 0 aromatic heterocycles. The molecule has 0 aliphatic rings. The standard InChI is InChI=1S/C13H17ClO3/c1-9(2)4-5-17-13-10(8-15)6-11(14)7-12(13)16-3/h6-9H,4-5H2,1-3H3. The molecule has 17 heavy (non-hydrogen) atoms. The first kappa shape index (κ1) is 13.8. The topological polar surface area (TPSA) is 35.5 Å². The van der Waals surface area contributed by atoms with Gasteiger partial charge in [0.25, 0.3) is 0 Å². The van der Waals surface area contributed by atoms with E-state index < -0.39 is 0 Å². The number of hydrogen-bond acceptors (Lipinski definition) is 3. The van der Waals surface area contributed by atoms with E-state index in [0.29, 0.717) is 34.6 Å². The number of carbonyl (C=O) groups is 1. The van der Waals surface area contributed by atoms with Crippen molar-refractivity contribution in [2.75, 3.05) is 13.7 Å². The number of hydrogen-bond donors (Lipinski definition) is 0. The van der Waals surface area contributed by atoms with Crippen LogP contribution < -0.4 is 9.47 Å². The molecule has 0 bridgehead atoms. The second kappa shape index (κ2) is 6.50. The van der Waals surface area contributed by atoms with Gasteiger partial charge in [0, 0.05) is 11.1 Å². The Hall–Kier alpha value is -1.22. The number of rotatable bonds is 6. The second-order valence-corrected chi connectivity index (χ2v) is 4.61. The van der Waals surface area contributed by atoms with Crippen molar-refractivity contribution >= 4 is 17.9 Å². The van der Waals surface area contributed by atoms with Gasteiger partial charge in [-0.15, -0.1) is 0 Å². The Morgan fingerprint density at radius 3 is 2.65 bits per heavy atom. The van der Waals surface area contributed by atoms with E-state index in [4.69, 9.17) is 21.1 Å². The van der Waals surface area contributed by atoms with Crippen LogP contribution in [-0.2, 0) is 0 Å². The summed E-state index contributed by atoms with van der Waals surface area (Å²) in [6.45, 7) is 4.78. The summed E-state index contributed by atoms with van der Waals surface area (Å²) in [5.74, 6) is 1.50. The third-order valence-electron chi connectivity index (χ3n) is 2.34. The molecule has 0 atom stereocenters. The summed E-state index contributed by atoms with van der Waals surface area (Å²) in [6.07, 6.45) is 1.64. The minimum atomic E-state index is 0.415. The van der Waals surface area contributed by atoms with Gasteiger partial charge in [-0.2, -0.15) is 0 Å². The van der Waals surface area contributed by atoms with E-state index in [9.17, 15) is 4.79 Å². The molecule has 94 valence electrons. The highest BCUT2D eigenvalue weighted by molar-refractivity contribution is 6.31. The molecular weight excluding hydrogens is 240 g/mol. The van der Waals surface area contributed by atoms with Crippen molar-refractivity contribution in [1.29, 1.82) is 0 Å². The Morgan fingerprint density at radius 2 is 2.12 bits per heavy atom. The van der Waals surface area contributed by atoms with E-state index in [0.717, 1.165) is 12.7 Å². The fourth-order valence-electron chi connectivity index (χ4n) is 1.38. The van der Waals surface area contributed by atoms with Crippen LogP contribution in [0.2, 0.25) is 5.02 Å². The molecule has 0 aliphatic carbocycles. The average molecular weight is 257 g/mol. The maximum Gasteiger partial charge on any atom is 0.171 e. The second-order valence-electron chi connectivity index (χ2n) is 4.18. The molecular formula is C13H17ClO3. The minimum Gasteiger partial charge on any atom is -0.493 e. The molecule has 0 saturated carbocycles. The van der Waals surface area contributed by atoms with Crippen LogP contribution in [0, 0.1) is 5.92 Å². The zero-order valence-electron chi connectivity index (χ0n) is 10.3. The fraction of sp³-hybridized carbons (Fsp3) is 0.462. The molecule has 0 fully saturated rings. The van der Waals surface area contributed by atoms with E-state index in [1.54, 1.807) is 12.1 Å². The molecule has 0 N–H and O–H groups in total. The highest BCUT2D eigenvalue weighted by Crippen LogP contribution is 2.33. The minimum absolute atomic E-state index is 0.415. The molecule has 1 aromatic rings. The van der Waals surface area contributed by atoms with Gasteiger partial charge in [-0.25, -0.2) is 0 Å². The van der Waals surface area contributed by atoms with Gasteiger partial charge in [0.2, 0.25) is 0 Å². The van der Waals surface area contributed by atoms with Crippen LogP contribution in [0.15, 0.2) is 12.1 Å². The summed E-state index contributed by atoms with van der Waals surface area (Å²) < 4.78 is 10.8. The SMILES string of the molecule is COc1cc(Cl)cc(C=O)c1OCCC(C)C. The third-order valence-corrected chi connectivity index (χ3v) is 2.56. The normalized spacial score (nSPS) is 10.4. The lowest BCUT2D eigenvalue weighted by Gasteiger charge is -2.14. The van der Waals surface area contributed by atoms with Gasteiger partial charge >= 0.3 is 0 Å². The Kier molecular flexibility index (Phi) is 5.29. The van der Waals surface area contributed by atoms with Gasteiger partial charge in [0.1, 0.15) is 0 Å². The number of halogens is 1. The van der Waals surface area contributed by atoms with Crippen LogP contribution in [0.5, 0.6) is 11.5 Å². The number of methoxy groups -OCH3 is 1. The van der Waals surface area contributed by atoms with Gasteiger partial charge in [0.05, 0.1) is 19.3 Å². The van der Waals surface area contributed by atoms with Crippen molar-refractivity contribution < 1.29 is 14.3 Å². The van der Waals surface area contributed by atoms with Crippen LogP contribution in [0.3, 0.4) is 0 Å². The van der Waals surface area contributed by atoms with Crippen molar-refractivity contribution in [3.05, 3.63) is 22.7 Å². The van der Waals surface area contributed by atoms with Gasteiger partial charge in [-0.05, 0) is 18.4 Å². The Labute approximate surface area is 107 Å². The monoisotopic (exact) mass is 256 g/mol. The zero-order valence-corrected chi connectivity index (χ0v) is 11.1. The van der Waals surface area contributed by atoms with Gasteiger partial charge in [0.15, 0.2) is 17.8 Å². The predicted octanol–water partition coefficient (Wildman–Crippen LogP) is 3.59. The molecule has 1 aromatic carbocycles. The molecule has 0 unspecified atom stereocenters. The smallest absolute Gasteiger partial charge is 0.171 e. The number of aldehydes is 1. The molecule has 0 aliphatic heterocycles. The van der Waals surface area contributed by atoms with Crippen molar-refractivity contribution in [2.45, 2.75) is 20.3 Å². The summed E-state index contributed by atoms with van der Waals surface area (Å²) in [5.41, 5.74) is 0.415. The largest absolute Gasteiger partial charge is 0.493 e. The molecule has 1 rings (SSSR count). The lowest BCUT2D eigenvalue weighted by atomic mass is 10.1. The van der Waals surface area contributed by atoms with E-state index >= 15 is 0 Å². The Balaban J connectivity index is 2.90. The summed E-state index contributed by atoms with van der Waals surface area (Å²) in [7, 11) is 1.52. The van der Waals surface area contributed by atoms with Crippen LogP contribution in [0.25, 0.3) is 0 Å². The molecule has 0 heterocycles. The lowest BCUT2D eigenvalue weighted by molar-refractivity contribution is 0.111. The highest BCUT2D eigenvalue weighted by atomic mass is 35.5. The molecule has 0 spiro atoms. The Bertz CT molecular complexity index is 388. The molecule has 0 amide bonds. The van der Waals surface area contributed by atoms with Crippen molar-refractivity contribution in [1.82, 2.24) is 0 Å². The predicted molar refractivity (Wildman–Crippen MR) is 68.3 cm³/mol. The van der Waals surface area contributed by atoms with Crippen LogP contribution in [0.1, 0.15) is 30.6 Å². The zero-order chi connectivity index (χ0) is 12.8. The quantitative estimate of drug-likeness (QED) is 0.730. The average Bonchev–Trinajstić information content (AvgIpc) is 2.29. The van der Waals surface area contributed by atoms with E-state index in [1.807, 2.05) is 0 Å². The molecule has 4 heteroatoms. The van der Waals surface area contributed by atoms with Crippen molar-refractivity contribution in [2.24, 2.45) is 5.92 Å². The maximum absolute atomic E-state index is 11.0. The van der Waals surface area contributed by atoms with Crippen LogP contribution >= 0.6 is 11.6 Å². The fourth-order valence-corrected chi connectivity index (χ4v) is 1.60. The number of ether oxygens (including phenoxy) is 2. The van der Waals surface area contributed by atoms with E-state index in [-0.39, 0.29) is 0 Å². The molecule has 0 radical (unpaired) electrons. The van der Waals surface area contributed by atoms with Crippen molar-refractivity contribution in [3.63, 3.8) is 0 Å². The van der Waals surface area contributed by atoms with Gasteiger partial charge in [-0.3, -0.25) is 4.79 Å². The maximum atomic E-state index is 11.0. The first-order valence-corrected chi connectivity index (χ1v) is 5.91. The first-order valence-electron chi connectivity index (χ1n) is 5.54. The van der Waals surface area contributed by atoms with E-state index in [1.165, 1.54) is 7.11 Å². The van der Waals surface area contributed by atoms with E-state index in [2.05, 4.69) is 13.8 Å². The summed E-state index contributed by atoms with van der Waals surface area (Å²) in [5, 5.41) is 0.458. The van der Waals surface area contributed by atoms with Crippen LogP contribution in [0.4, 0.5) is 0 Å². The van der Waals surface area contributed by atoms with Crippen molar-refractivity contribution in [3.8, 4) is 11.5 Å². The summed E-state index contributed by atoms with van der Waals surface area (Å²) in [4.78, 5) is 11.0. The highest BCUT2D eigenvalue weighted by Gasteiger charge is 2.12. The molecule has 0 saturated heterocycles. The summed E-state index contributed by atoms with van der Waals surface area (Å²) >= 11 is 5.87.